The zero-order chi connectivity index (χ0) is 18.2. The van der Waals surface area contributed by atoms with Gasteiger partial charge in [0.25, 0.3) is 5.91 Å². The molecular formula is C19H20ClNO4. The highest BCUT2D eigenvalue weighted by atomic mass is 35.5. The summed E-state index contributed by atoms with van der Waals surface area (Å²) in [7, 11) is 1.59. The molecule has 0 saturated heterocycles. The van der Waals surface area contributed by atoms with Gasteiger partial charge in [-0.3, -0.25) is 9.59 Å². The third kappa shape index (κ3) is 6.12. The second kappa shape index (κ2) is 9.08. The number of benzene rings is 2. The van der Waals surface area contributed by atoms with Crippen LogP contribution in [0.25, 0.3) is 0 Å². The van der Waals surface area contributed by atoms with Gasteiger partial charge in [-0.05, 0) is 42.3 Å². The summed E-state index contributed by atoms with van der Waals surface area (Å²) >= 11 is 5.80. The molecule has 0 aromatic heterocycles. The maximum Gasteiger partial charge on any atom is 0.311 e. The molecule has 0 unspecified atom stereocenters. The smallest absolute Gasteiger partial charge is 0.311 e. The van der Waals surface area contributed by atoms with Crippen molar-refractivity contribution < 1.29 is 19.1 Å². The first-order valence-electron chi connectivity index (χ1n) is 7.82. The quantitative estimate of drug-likeness (QED) is 0.769. The number of carbonyl (C=O) groups excluding carboxylic acids is 2. The molecule has 0 aliphatic rings. The second-order valence-corrected chi connectivity index (χ2v) is 5.94. The van der Waals surface area contributed by atoms with Gasteiger partial charge >= 0.3 is 5.97 Å². The van der Waals surface area contributed by atoms with Crippen LogP contribution in [0.2, 0.25) is 5.02 Å². The van der Waals surface area contributed by atoms with E-state index in [4.69, 9.17) is 21.1 Å². The monoisotopic (exact) mass is 361 g/mol. The summed E-state index contributed by atoms with van der Waals surface area (Å²) in [6.07, 6.45) is -0.772. The van der Waals surface area contributed by atoms with Crippen LogP contribution in [0.3, 0.4) is 0 Å². The number of hydrogen-bond donors (Lipinski definition) is 1. The van der Waals surface area contributed by atoms with Crippen LogP contribution < -0.4 is 10.1 Å². The molecule has 1 N–H and O–H groups in total. The summed E-state index contributed by atoms with van der Waals surface area (Å²) in [4.78, 5) is 23.9. The van der Waals surface area contributed by atoms with E-state index in [0.717, 1.165) is 16.9 Å². The molecule has 2 aromatic carbocycles. The second-order valence-electron chi connectivity index (χ2n) is 5.50. The van der Waals surface area contributed by atoms with Gasteiger partial charge in [0.2, 0.25) is 0 Å². The normalized spacial score (nSPS) is 11.5. The fourth-order valence-corrected chi connectivity index (χ4v) is 2.26. The highest BCUT2D eigenvalue weighted by molar-refractivity contribution is 6.30. The molecule has 0 aliphatic heterocycles. The minimum Gasteiger partial charge on any atom is -0.497 e. The van der Waals surface area contributed by atoms with Crippen molar-refractivity contribution in [3.05, 3.63) is 64.7 Å². The van der Waals surface area contributed by atoms with E-state index in [1.807, 2.05) is 24.3 Å². The van der Waals surface area contributed by atoms with E-state index in [1.54, 1.807) is 38.3 Å². The molecule has 2 aromatic rings. The number of halogens is 1. The van der Waals surface area contributed by atoms with Crippen molar-refractivity contribution in [1.82, 2.24) is 5.32 Å². The molecule has 25 heavy (non-hydrogen) atoms. The number of hydrogen-bond acceptors (Lipinski definition) is 4. The largest absolute Gasteiger partial charge is 0.497 e. The number of amides is 1. The van der Waals surface area contributed by atoms with Crippen LogP contribution in [0.1, 0.15) is 18.1 Å². The van der Waals surface area contributed by atoms with Crippen LogP contribution >= 0.6 is 11.6 Å². The first kappa shape index (κ1) is 18.8. The number of esters is 1. The maximum atomic E-state index is 12.0. The minimum atomic E-state index is -0.863. The molecular weight excluding hydrogens is 342 g/mol. The summed E-state index contributed by atoms with van der Waals surface area (Å²) in [5.74, 6) is -0.0609. The highest BCUT2D eigenvalue weighted by Crippen LogP contribution is 2.12. The van der Waals surface area contributed by atoms with E-state index in [1.165, 1.54) is 0 Å². The van der Waals surface area contributed by atoms with Crippen molar-refractivity contribution in [2.24, 2.45) is 0 Å². The van der Waals surface area contributed by atoms with Crippen LogP contribution in [0.15, 0.2) is 48.5 Å². The van der Waals surface area contributed by atoms with Crippen LogP contribution in [0.4, 0.5) is 0 Å². The predicted octanol–water partition coefficient (Wildman–Crippen LogP) is 3.14. The number of ether oxygens (including phenoxy) is 2. The van der Waals surface area contributed by atoms with Gasteiger partial charge in [-0.25, -0.2) is 0 Å². The molecule has 0 spiro atoms. The first-order valence-corrected chi connectivity index (χ1v) is 8.20. The van der Waals surface area contributed by atoms with Crippen LogP contribution in [-0.2, 0) is 27.3 Å². The maximum absolute atomic E-state index is 12.0. The summed E-state index contributed by atoms with van der Waals surface area (Å²) in [6, 6.07) is 14.3. The van der Waals surface area contributed by atoms with Crippen molar-refractivity contribution in [3.63, 3.8) is 0 Å². The van der Waals surface area contributed by atoms with Crippen molar-refractivity contribution >= 4 is 23.5 Å². The Bertz CT molecular complexity index is 713. The van der Waals surface area contributed by atoms with Gasteiger partial charge in [0.05, 0.1) is 13.5 Å². The number of rotatable bonds is 7. The third-order valence-corrected chi connectivity index (χ3v) is 3.82. The van der Waals surface area contributed by atoms with Crippen molar-refractivity contribution in [1.29, 1.82) is 0 Å². The van der Waals surface area contributed by atoms with E-state index in [-0.39, 0.29) is 12.3 Å². The van der Waals surface area contributed by atoms with Gasteiger partial charge in [0.15, 0.2) is 6.10 Å². The number of methoxy groups -OCH3 is 1. The molecule has 0 heterocycles. The lowest BCUT2D eigenvalue weighted by Gasteiger charge is -2.14. The summed E-state index contributed by atoms with van der Waals surface area (Å²) in [5.41, 5.74) is 1.70. The lowest BCUT2D eigenvalue weighted by Crippen LogP contribution is -2.35. The molecule has 0 radical (unpaired) electrons. The van der Waals surface area contributed by atoms with Crippen molar-refractivity contribution in [2.45, 2.75) is 26.0 Å². The van der Waals surface area contributed by atoms with Crippen LogP contribution in [0.5, 0.6) is 5.75 Å². The number of carbonyl (C=O) groups is 2. The molecule has 0 bridgehead atoms. The Labute approximate surface area is 151 Å². The standard InChI is InChI=1S/C19H20ClNO4/c1-13(25-18(22)11-14-3-7-16(20)8-4-14)19(23)21-12-15-5-9-17(24-2)10-6-15/h3-10,13H,11-12H2,1-2H3,(H,21,23)/t13-/m1/s1. The highest BCUT2D eigenvalue weighted by Gasteiger charge is 2.17. The first-order chi connectivity index (χ1) is 12.0. The fourth-order valence-electron chi connectivity index (χ4n) is 2.14. The van der Waals surface area contributed by atoms with E-state index in [2.05, 4.69) is 5.32 Å². The summed E-state index contributed by atoms with van der Waals surface area (Å²) in [6.45, 7) is 1.89. The van der Waals surface area contributed by atoms with Gasteiger partial charge in [0, 0.05) is 11.6 Å². The van der Waals surface area contributed by atoms with Crippen molar-refractivity contribution in [2.75, 3.05) is 7.11 Å². The Balaban J connectivity index is 1.78. The van der Waals surface area contributed by atoms with E-state index in [9.17, 15) is 9.59 Å². The Kier molecular flexibility index (Phi) is 6.83. The molecule has 1 amide bonds. The average molecular weight is 362 g/mol. The lowest BCUT2D eigenvalue weighted by atomic mass is 10.1. The van der Waals surface area contributed by atoms with E-state index < -0.39 is 12.1 Å². The van der Waals surface area contributed by atoms with Gasteiger partial charge in [-0.2, -0.15) is 0 Å². The zero-order valence-corrected chi connectivity index (χ0v) is 14.9. The minimum absolute atomic E-state index is 0.0905. The van der Waals surface area contributed by atoms with E-state index in [0.29, 0.717) is 11.6 Å². The van der Waals surface area contributed by atoms with Crippen LogP contribution in [0, 0.1) is 0 Å². The van der Waals surface area contributed by atoms with Gasteiger partial charge in [-0.15, -0.1) is 0 Å². The Morgan fingerprint density at radius 1 is 1.04 bits per heavy atom. The zero-order valence-electron chi connectivity index (χ0n) is 14.1. The molecule has 2 rings (SSSR count). The molecule has 132 valence electrons. The molecule has 1 atom stereocenters. The molecule has 0 saturated carbocycles. The molecule has 0 fully saturated rings. The summed E-state index contributed by atoms with van der Waals surface area (Å²) < 4.78 is 10.2. The Hall–Kier alpha value is -2.53. The van der Waals surface area contributed by atoms with Crippen LogP contribution in [-0.4, -0.2) is 25.1 Å². The SMILES string of the molecule is COc1ccc(CNC(=O)[C@@H](C)OC(=O)Cc2ccc(Cl)cc2)cc1. The lowest BCUT2D eigenvalue weighted by molar-refractivity contribution is -0.154. The summed E-state index contributed by atoms with van der Waals surface area (Å²) in [5, 5.41) is 3.34. The fraction of sp³-hybridized carbons (Fsp3) is 0.263. The van der Waals surface area contributed by atoms with Gasteiger partial charge in [-0.1, -0.05) is 35.9 Å². The van der Waals surface area contributed by atoms with Gasteiger partial charge < -0.3 is 14.8 Å². The predicted molar refractivity (Wildman–Crippen MR) is 95.6 cm³/mol. The Morgan fingerprint density at radius 2 is 1.64 bits per heavy atom. The Morgan fingerprint density at radius 3 is 2.24 bits per heavy atom. The number of nitrogens with one attached hydrogen (secondary N) is 1. The molecule has 5 nitrogen and oxygen atoms in total. The third-order valence-electron chi connectivity index (χ3n) is 3.56. The van der Waals surface area contributed by atoms with Gasteiger partial charge in [0.1, 0.15) is 5.75 Å². The van der Waals surface area contributed by atoms with Crippen molar-refractivity contribution in [3.8, 4) is 5.75 Å². The van der Waals surface area contributed by atoms with E-state index >= 15 is 0 Å². The average Bonchev–Trinajstić information content (AvgIpc) is 2.62. The topological polar surface area (TPSA) is 64.6 Å². The molecule has 6 heteroatoms. The molecule has 0 aliphatic carbocycles.